The van der Waals surface area contributed by atoms with Crippen LogP contribution in [0.4, 0.5) is 17.8 Å². The van der Waals surface area contributed by atoms with Gasteiger partial charge in [-0.2, -0.15) is 15.0 Å². The van der Waals surface area contributed by atoms with Gasteiger partial charge < -0.3 is 15.5 Å². The van der Waals surface area contributed by atoms with Crippen molar-refractivity contribution in [3.05, 3.63) is 42.5 Å². The lowest BCUT2D eigenvalue weighted by Crippen LogP contribution is -2.49. The molecule has 0 unspecified atom stereocenters. The van der Waals surface area contributed by atoms with E-state index in [0.717, 1.165) is 75.1 Å². The van der Waals surface area contributed by atoms with E-state index in [2.05, 4.69) is 57.8 Å². The Labute approximate surface area is 250 Å². The number of nitrogens with one attached hydrogen (secondary N) is 3. The van der Waals surface area contributed by atoms with E-state index in [1.54, 1.807) is 12.1 Å². The highest BCUT2D eigenvalue weighted by molar-refractivity contribution is 7.89. The highest BCUT2D eigenvalue weighted by atomic mass is 32.2. The van der Waals surface area contributed by atoms with Crippen molar-refractivity contribution in [2.24, 2.45) is 11.8 Å². The Morgan fingerprint density at radius 3 is 2.14 bits per heavy atom. The number of fused-ring (bicyclic) bond motifs is 1. The summed E-state index contributed by atoms with van der Waals surface area (Å²) >= 11 is 0. The number of hydrogen-bond donors (Lipinski definition) is 3. The molecule has 2 fully saturated rings. The molecule has 42 heavy (non-hydrogen) atoms. The fraction of sp³-hybridized carbons (Fsp3) is 0.581. The normalized spacial score (nSPS) is 20.4. The number of aromatic nitrogens is 3. The number of rotatable bonds is 11. The summed E-state index contributed by atoms with van der Waals surface area (Å²) in [5.74, 6) is 2.76. The van der Waals surface area contributed by atoms with Gasteiger partial charge in [0.05, 0.1) is 4.90 Å². The third-order valence-corrected chi connectivity index (χ3v) is 9.97. The quantitative estimate of drug-likeness (QED) is 0.294. The minimum absolute atomic E-state index is 0.221. The molecule has 2 aromatic carbocycles. The van der Waals surface area contributed by atoms with Gasteiger partial charge in [-0.1, -0.05) is 36.4 Å². The molecule has 0 atom stereocenters. The van der Waals surface area contributed by atoms with Gasteiger partial charge in [0.2, 0.25) is 27.9 Å². The smallest absolute Gasteiger partial charge is 0.241 e. The predicted molar refractivity (Wildman–Crippen MR) is 171 cm³/mol. The van der Waals surface area contributed by atoms with Gasteiger partial charge in [-0.05, 0) is 76.7 Å². The molecule has 5 rings (SSSR count). The number of hydrogen-bond acceptors (Lipinski definition) is 9. The van der Waals surface area contributed by atoms with Crippen LogP contribution in [0, 0.1) is 11.8 Å². The van der Waals surface area contributed by atoms with Crippen LogP contribution in [0.25, 0.3) is 10.8 Å². The Bertz CT molecular complexity index is 1430. The zero-order chi connectivity index (χ0) is 29.7. The van der Waals surface area contributed by atoms with E-state index in [9.17, 15) is 8.42 Å². The second-order valence-electron chi connectivity index (χ2n) is 12.3. The van der Waals surface area contributed by atoms with E-state index >= 15 is 0 Å². The van der Waals surface area contributed by atoms with E-state index in [4.69, 9.17) is 9.97 Å². The summed E-state index contributed by atoms with van der Waals surface area (Å²) in [5.41, 5.74) is 0. The zero-order valence-electron chi connectivity index (χ0n) is 25.4. The van der Waals surface area contributed by atoms with Gasteiger partial charge in [0.15, 0.2) is 0 Å². The Morgan fingerprint density at radius 1 is 0.810 bits per heavy atom. The van der Waals surface area contributed by atoms with Crippen molar-refractivity contribution in [2.75, 3.05) is 54.8 Å². The van der Waals surface area contributed by atoms with Crippen LogP contribution in [0.5, 0.6) is 0 Å². The Hall–Kier alpha value is -3.02. The summed E-state index contributed by atoms with van der Waals surface area (Å²) in [7, 11) is -3.58. The molecule has 0 spiro atoms. The Morgan fingerprint density at radius 2 is 1.45 bits per heavy atom. The van der Waals surface area contributed by atoms with Crippen molar-refractivity contribution in [3.8, 4) is 0 Å². The van der Waals surface area contributed by atoms with Crippen molar-refractivity contribution >= 4 is 38.6 Å². The van der Waals surface area contributed by atoms with Crippen molar-refractivity contribution in [1.29, 1.82) is 0 Å². The van der Waals surface area contributed by atoms with E-state index < -0.39 is 10.0 Å². The lowest BCUT2D eigenvalue weighted by atomic mass is 9.82. The molecule has 0 radical (unpaired) electrons. The Kier molecular flexibility index (Phi) is 9.80. The molecule has 1 saturated heterocycles. The second kappa shape index (κ2) is 13.5. The van der Waals surface area contributed by atoms with Crippen LogP contribution in [-0.4, -0.2) is 79.6 Å². The first kappa shape index (κ1) is 30.4. The lowest BCUT2D eigenvalue weighted by Gasteiger charge is -2.37. The van der Waals surface area contributed by atoms with Crippen molar-refractivity contribution in [2.45, 2.75) is 70.4 Å². The van der Waals surface area contributed by atoms with Crippen LogP contribution >= 0.6 is 0 Å². The number of benzene rings is 2. The first-order valence-electron chi connectivity index (χ1n) is 15.4. The molecule has 10 nitrogen and oxygen atoms in total. The average Bonchev–Trinajstić information content (AvgIpc) is 2.99. The number of piperazine rings is 1. The topological polar surface area (TPSA) is 115 Å². The number of sulfonamides is 1. The monoisotopic (exact) mass is 594 g/mol. The molecule has 1 aliphatic carbocycles. The van der Waals surface area contributed by atoms with Gasteiger partial charge in [-0.25, -0.2) is 13.1 Å². The second-order valence-corrected chi connectivity index (χ2v) is 14.0. The molecule has 0 bridgehead atoms. The molecule has 11 heteroatoms. The SMILES string of the molecule is CC(C)Nc1nc(NCC2CCC(CNS(=O)(=O)c3cccc4ccccc34)CC2)nc(N2CCN(C(C)C)CC2)n1. The first-order chi connectivity index (χ1) is 20.2. The van der Waals surface area contributed by atoms with E-state index in [1.807, 2.05) is 30.3 Å². The minimum atomic E-state index is -3.58. The zero-order valence-corrected chi connectivity index (χ0v) is 26.2. The van der Waals surface area contributed by atoms with Gasteiger partial charge in [-0.15, -0.1) is 0 Å². The van der Waals surface area contributed by atoms with Crippen LogP contribution < -0.4 is 20.3 Å². The highest BCUT2D eigenvalue weighted by Gasteiger charge is 2.25. The van der Waals surface area contributed by atoms with Gasteiger partial charge >= 0.3 is 0 Å². The van der Waals surface area contributed by atoms with Gasteiger partial charge in [0.25, 0.3) is 0 Å². The van der Waals surface area contributed by atoms with E-state index in [1.165, 1.54) is 0 Å². The fourth-order valence-electron chi connectivity index (χ4n) is 5.96. The van der Waals surface area contributed by atoms with Crippen molar-refractivity contribution in [1.82, 2.24) is 24.6 Å². The lowest BCUT2D eigenvalue weighted by molar-refractivity contribution is 0.208. The van der Waals surface area contributed by atoms with E-state index in [0.29, 0.717) is 41.2 Å². The molecule has 2 aliphatic rings. The van der Waals surface area contributed by atoms with Crippen LogP contribution in [0.15, 0.2) is 47.4 Å². The van der Waals surface area contributed by atoms with Gasteiger partial charge in [0, 0.05) is 56.7 Å². The summed E-state index contributed by atoms with van der Waals surface area (Å²) in [5, 5.41) is 8.53. The average molecular weight is 595 g/mol. The van der Waals surface area contributed by atoms with Crippen molar-refractivity contribution in [3.63, 3.8) is 0 Å². The van der Waals surface area contributed by atoms with Crippen LogP contribution in [0.2, 0.25) is 0 Å². The van der Waals surface area contributed by atoms with Gasteiger partial charge in [0.1, 0.15) is 0 Å². The maximum absolute atomic E-state index is 13.1. The molecule has 1 saturated carbocycles. The van der Waals surface area contributed by atoms with Crippen LogP contribution in [0.1, 0.15) is 53.4 Å². The molecular formula is C31H46N8O2S. The molecule has 3 N–H and O–H groups in total. The summed E-state index contributed by atoms with van der Waals surface area (Å²) in [6.07, 6.45) is 4.07. The summed E-state index contributed by atoms with van der Waals surface area (Å²) in [4.78, 5) is 19.3. The number of nitrogens with zero attached hydrogens (tertiary/aromatic N) is 5. The molecular weight excluding hydrogens is 548 g/mol. The molecule has 1 aliphatic heterocycles. The summed E-state index contributed by atoms with van der Waals surface area (Å²) < 4.78 is 29.2. The molecule has 2 heterocycles. The maximum atomic E-state index is 13.1. The molecule has 228 valence electrons. The fourth-order valence-corrected chi connectivity index (χ4v) is 7.30. The third kappa shape index (κ3) is 7.67. The molecule has 0 amide bonds. The summed E-state index contributed by atoms with van der Waals surface area (Å²) in [6, 6.07) is 13.8. The summed E-state index contributed by atoms with van der Waals surface area (Å²) in [6.45, 7) is 13.7. The predicted octanol–water partition coefficient (Wildman–Crippen LogP) is 4.57. The first-order valence-corrected chi connectivity index (χ1v) is 16.9. The maximum Gasteiger partial charge on any atom is 0.241 e. The number of anilines is 3. The van der Waals surface area contributed by atoms with Crippen LogP contribution in [-0.2, 0) is 10.0 Å². The molecule has 3 aromatic rings. The minimum Gasteiger partial charge on any atom is -0.354 e. The standard InChI is InChI=1S/C31H46N8O2S/c1-22(2)34-30-35-29(36-31(37-30)39-18-16-38(17-19-39)23(3)4)32-20-24-12-14-25(15-13-24)21-33-42(40,41)28-11-7-9-26-8-5-6-10-27(26)28/h5-11,22-25,33H,12-21H2,1-4H3,(H2,32,34,35,36,37). The Balaban J connectivity index is 1.14. The van der Waals surface area contributed by atoms with E-state index in [-0.39, 0.29) is 6.04 Å². The largest absolute Gasteiger partial charge is 0.354 e. The van der Waals surface area contributed by atoms with Gasteiger partial charge in [-0.3, -0.25) is 4.90 Å². The molecule has 1 aromatic heterocycles. The van der Waals surface area contributed by atoms with Crippen LogP contribution in [0.3, 0.4) is 0 Å². The third-order valence-electron chi connectivity index (χ3n) is 8.49. The highest BCUT2D eigenvalue weighted by Crippen LogP contribution is 2.30. The van der Waals surface area contributed by atoms with Crippen molar-refractivity contribution < 1.29 is 8.42 Å².